The predicted octanol–water partition coefficient (Wildman–Crippen LogP) is 2.72. The van der Waals surface area contributed by atoms with Crippen LogP contribution in [0.1, 0.15) is 55.5 Å². The van der Waals surface area contributed by atoms with Crippen LogP contribution in [0.3, 0.4) is 0 Å². The number of Topliss-reactive ketones (excluding diaryl/α,β-unsaturated/α-hetero) is 1. The van der Waals surface area contributed by atoms with E-state index in [1.165, 1.54) is 12.1 Å². The fourth-order valence-electron chi connectivity index (χ4n) is 2.46. The molecule has 0 heterocycles. The molecule has 0 atom stereocenters. The maximum atomic E-state index is 12.4. The SMILES string of the molecule is CCCCC(=O)NC1=C(CC)c2cc(O)c(O)cc2C1=O. The number of amides is 1. The molecule has 1 aromatic rings. The second-order valence-corrected chi connectivity index (χ2v) is 5.07. The number of phenols is 2. The average molecular weight is 289 g/mol. The van der Waals surface area contributed by atoms with Gasteiger partial charge in [-0.05, 0) is 36.1 Å². The highest BCUT2D eigenvalue weighted by atomic mass is 16.3. The number of unbranched alkanes of at least 4 members (excludes halogenated alkanes) is 1. The van der Waals surface area contributed by atoms with Crippen molar-refractivity contribution in [3.63, 3.8) is 0 Å². The Labute approximate surface area is 123 Å². The maximum absolute atomic E-state index is 12.4. The quantitative estimate of drug-likeness (QED) is 0.727. The summed E-state index contributed by atoms with van der Waals surface area (Å²) in [4.78, 5) is 24.2. The van der Waals surface area contributed by atoms with Crippen LogP contribution in [0.15, 0.2) is 17.8 Å². The van der Waals surface area contributed by atoms with E-state index in [-0.39, 0.29) is 28.9 Å². The van der Waals surface area contributed by atoms with Crippen LogP contribution in [-0.4, -0.2) is 21.9 Å². The van der Waals surface area contributed by atoms with Crippen LogP contribution >= 0.6 is 0 Å². The van der Waals surface area contributed by atoms with Crippen LogP contribution in [0.5, 0.6) is 11.5 Å². The topological polar surface area (TPSA) is 86.6 Å². The molecule has 21 heavy (non-hydrogen) atoms. The Morgan fingerprint density at radius 3 is 2.33 bits per heavy atom. The van der Waals surface area contributed by atoms with Crippen molar-refractivity contribution in [2.45, 2.75) is 39.5 Å². The number of carbonyl (C=O) groups excluding carboxylic acids is 2. The normalized spacial score (nSPS) is 13.5. The molecule has 1 amide bonds. The van der Waals surface area contributed by atoms with Gasteiger partial charge in [-0.1, -0.05) is 20.3 Å². The maximum Gasteiger partial charge on any atom is 0.224 e. The van der Waals surface area contributed by atoms with E-state index in [4.69, 9.17) is 0 Å². The summed E-state index contributed by atoms with van der Waals surface area (Å²) in [6.45, 7) is 3.87. The lowest BCUT2D eigenvalue weighted by Gasteiger charge is -2.07. The zero-order valence-electron chi connectivity index (χ0n) is 12.2. The molecular formula is C16H19NO4. The summed E-state index contributed by atoms with van der Waals surface area (Å²) < 4.78 is 0. The fraction of sp³-hybridized carbons (Fsp3) is 0.375. The van der Waals surface area contributed by atoms with Gasteiger partial charge < -0.3 is 15.5 Å². The molecule has 0 fully saturated rings. The van der Waals surface area contributed by atoms with Gasteiger partial charge in [-0.2, -0.15) is 0 Å². The van der Waals surface area contributed by atoms with Crippen LogP contribution in [-0.2, 0) is 4.79 Å². The summed E-state index contributed by atoms with van der Waals surface area (Å²) >= 11 is 0. The fourth-order valence-corrected chi connectivity index (χ4v) is 2.46. The number of allylic oxidation sites excluding steroid dienone is 2. The molecule has 2 rings (SSSR count). The third-order valence-corrected chi connectivity index (χ3v) is 3.59. The lowest BCUT2D eigenvalue weighted by Crippen LogP contribution is -2.26. The van der Waals surface area contributed by atoms with E-state index in [0.717, 1.165) is 12.8 Å². The highest BCUT2D eigenvalue weighted by Gasteiger charge is 2.31. The van der Waals surface area contributed by atoms with Gasteiger partial charge in [-0.3, -0.25) is 9.59 Å². The number of fused-ring (bicyclic) bond motifs is 1. The van der Waals surface area contributed by atoms with Crippen LogP contribution in [0.2, 0.25) is 0 Å². The average Bonchev–Trinajstić information content (AvgIpc) is 2.70. The van der Waals surface area contributed by atoms with Crippen LogP contribution < -0.4 is 5.32 Å². The molecule has 3 N–H and O–H groups in total. The summed E-state index contributed by atoms with van der Waals surface area (Å²) in [5.74, 6) is -1.11. The number of aromatic hydroxyl groups is 2. The Kier molecular flexibility index (Phi) is 4.31. The summed E-state index contributed by atoms with van der Waals surface area (Å²) in [6, 6.07) is 2.61. The molecule has 0 saturated carbocycles. The zero-order chi connectivity index (χ0) is 15.6. The third-order valence-electron chi connectivity index (χ3n) is 3.59. The van der Waals surface area contributed by atoms with E-state index in [2.05, 4.69) is 5.32 Å². The number of nitrogens with one attached hydrogen (secondary N) is 1. The van der Waals surface area contributed by atoms with Gasteiger partial charge >= 0.3 is 0 Å². The summed E-state index contributed by atoms with van der Waals surface area (Å²) in [6.07, 6.45) is 2.59. The number of phenolic OH excluding ortho intramolecular Hbond substituents is 2. The standard InChI is InChI=1S/C16H19NO4/c1-3-5-6-14(20)17-15-9(4-2)10-7-12(18)13(19)8-11(10)16(15)21/h7-8,18-19H,3-6H2,1-2H3,(H,17,20,21). The van der Waals surface area contributed by atoms with Crippen molar-refractivity contribution in [3.8, 4) is 11.5 Å². The predicted molar refractivity (Wildman–Crippen MR) is 79.0 cm³/mol. The number of hydrogen-bond donors (Lipinski definition) is 3. The van der Waals surface area contributed by atoms with E-state index < -0.39 is 0 Å². The molecule has 0 bridgehead atoms. The number of ketones is 1. The van der Waals surface area contributed by atoms with Gasteiger partial charge in [0, 0.05) is 12.0 Å². The largest absolute Gasteiger partial charge is 0.504 e. The van der Waals surface area contributed by atoms with Crippen molar-refractivity contribution in [3.05, 3.63) is 29.0 Å². The molecule has 1 aromatic carbocycles. The van der Waals surface area contributed by atoms with E-state index in [0.29, 0.717) is 29.5 Å². The summed E-state index contributed by atoms with van der Waals surface area (Å²) in [5, 5.41) is 21.8. The first-order valence-electron chi connectivity index (χ1n) is 7.13. The summed E-state index contributed by atoms with van der Waals surface area (Å²) in [7, 11) is 0. The van der Waals surface area contributed by atoms with Gasteiger partial charge in [0.25, 0.3) is 0 Å². The molecule has 1 aliphatic rings. The first-order chi connectivity index (χ1) is 9.99. The molecule has 5 heteroatoms. The molecule has 0 saturated heterocycles. The Balaban J connectivity index is 2.35. The first-order valence-corrected chi connectivity index (χ1v) is 7.13. The first kappa shape index (κ1) is 15.1. The van der Waals surface area contributed by atoms with Crippen LogP contribution in [0.4, 0.5) is 0 Å². The van der Waals surface area contributed by atoms with Crippen LogP contribution in [0, 0.1) is 0 Å². The van der Waals surface area contributed by atoms with Gasteiger partial charge in [-0.25, -0.2) is 0 Å². The molecular weight excluding hydrogens is 270 g/mol. The van der Waals surface area contributed by atoms with Gasteiger partial charge in [0.2, 0.25) is 11.7 Å². The van der Waals surface area contributed by atoms with Crippen molar-refractivity contribution in [2.75, 3.05) is 0 Å². The van der Waals surface area contributed by atoms with E-state index in [9.17, 15) is 19.8 Å². The van der Waals surface area contributed by atoms with Crippen molar-refractivity contribution < 1.29 is 19.8 Å². The Hall–Kier alpha value is -2.30. The lowest BCUT2D eigenvalue weighted by atomic mass is 10.0. The highest BCUT2D eigenvalue weighted by Crippen LogP contribution is 2.39. The third kappa shape index (κ3) is 2.77. The van der Waals surface area contributed by atoms with E-state index in [1.54, 1.807) is 0 Å². The lowest BCUT2D eigenvalue weighted by molar-refractivity contribution is -0.120. The van der Waals surface area contributed by atoms with Crippen molar-refractivity contribution in [1.82, 2.24) is 5.32 Å². The minimum absolute atomic E-state index is 0.188. The van der Waals surface area contributed by atoms with E-state index >= 15 is 0 Å². The molecule has 0 spiro atoms. The van der Waals surface area contributed by atoms with E-state index in [1.807, 2.05) is 13.8 Å². The Morgan fingerprint density at radius 1 is 1.14 bits per heavy atom. The minimum atomic E-state index is -0.337. The highest BCUT2D eigenvalue weighted by molar-refractivity contribution is 6.22. The zero-order valence-corrected chi connectivity index (χ0v) is 12.2. The minimum Gasteiger partial charge on any atom is -0.504 e. The molecule has 112 valence electrons. The monoisotopic (exact) mass is 289 g/mol. The van der Waals surface area contributed by atoms with Crippen LogP contribution in [0.25, 0.3) is 5.57 Å². The Morgan fingerprint density at radius 2 is 1.76 bits per heavy atom. The smallest absolute Gasteiger partial charge is 0.224 e. The number of rotatable bonds is 5. The summed E-state index contributed by atoms with van der Waals surface area (Å²) in [5.41, 5.74) is 1.84. The van der Waals surface area contributed by atoms with Gasteiger partial charge in [0.05, 0.1) is 5.70 Å². The van der Waals surface area contributed by atoms with Gasteiger partial charge in [0.15, 0.2) is 11.5 Å². The van der Waals surface area contributed by atoms with Crippen molar-refractivity contribution >= 4 is 17.3 Å². The second kappa shape index (κ2) is 5.99. The molecule has 0 aliphatic heterocycles. The molecule has 5 nitrogen and oxygen atoms in total. The number of hydrogen-bond acceptors (Lipinski definition) is 4. The second-order valence-electron chi connectivity index (χ2n) is 5.07. The molecule has 0 unspecified atom stereocenters. The molecule has 1 aliphatic carbocycles. The number of carbonyl (C=O) groups is 2. The van der Waals surface area contributed by atoms with Gasteiger partial charge in [-0.15, -0.1) is 0 Å². The Bertz CT molecular complexity index is 631. The van der Waals surface area contributed by atoms with Crippen molar-refractivity contribution in [1.29, 1.82) is 0 Å². The van der Waals surface area contributed by atoms with Crippen molar-refractivity contribution in [2.24, 2.45) is 0 Å². The van der Waals surface area contributed by atoms with Gasteiger partial charge in [0.1, 0.15) is 0 Å². The number of benzene rings is 1. The molecule has 0 radical (unpaired) electrons. The molecule has 0 aromatic heterocycles.